The maximum atomic E-state index is 12.6. The Labute approximate surface area is 309 Å². The van der Waals surface area contributed by atoms with E-state index in [1.54, 1.807) is 22.5 Å². The summed E-state index contributed by atoms with van der Waals surface area (Å²) >= 11 is 0. The van der Waals surface area contributed by atoms with Crippen LogP contribution in [0.25, 0.3) is 0 Å². The molecule has 1 aliphatic heterocycles. The molecule has 54 heavy (non-hydrogen) atoms. The van der Waals surface area contributed by atoms with Crippen LogP contribution in [0.5, 0.6) is 0 Å². The van der Waals surface area contributed by atoms with Gasteiger partial charge in [-0.3, -0.25) is 19.7 Å². The van der Waals surface area contributed by atoms with Crippen LogP contribution in [0, 0.1) is 20.2 Å². The zero-order valence-electron chi connectivity index (χ0n) is 30.0. The Balaban J connectivity index is 0.00000189. The largest absolute Gasteiger partial charge is 0.490 e. The number of aliphatic carboxylic acids is 1. The molecule has 1 aromatic rings. The van der Waals surface area contributed by atoms with E-state index in [4.69, 9.17) is 26.1 Å². The van der Waals surface area contributed by atoms with Crippen LogP contribution in [-0.2, 0) is 25.7 Å². The summed E-state index contributed by atoms with van der Waals surface area (Å²) in [5, 5.41) is 30.0. The van der Waals surface area contributed by atoms with E-state index in [-0.39, 0.29) is 36.6 Å². The number of unbranched alkanes of at least 4 members (excludes halogenated alkanes) is 8. The normalized spacial score (nSPS) is 13.6. The number of alkyl halides is 3. The van der Waals surface area contributed by atoms with Crippen LogP contribution in [0.3, 0.4) is 0 Å². The standard InChI is InChI=1S/C30H49N9O8.C2HF3O2/c31-26(11-10-18-33-29(32)35-39(45)46)28(41)37-21-19-36(20-22-37)27(40)12-8-6-4-2-1-3-5-7-9-17-34-30(42)47-23-24-13-15-25(16-14-24)38(43)44;3-2(4,5)1(6)7/h13-16,26H,1-12,17-23,31H2,(H,34,42)(H3,32,33,35);(H,6,7)/t26-;/m0./s1. The zero-order valence-corrected chi connectivity index (χ0v) is 30.0. The number of non-ortho nitro benzene ring substituents is 1. The predicted octanol–water partition coefficient (Wildman–Crippen LogP) is 3.23. The molecule has 2 rings (SSSR count). The number of benzene rings is 1. The Morgan fingerprint density at radius 1 is 0.889 bits per heavy atom. The molecule has 0 radical (unpaired) electrons. The smallest absolute Gasteiger partial charge is 0.475 e. The van der Waals surface area contributed by atoms with Crippen molar-refractivity contribution in [2.45, 2.75) is 95.9 Å². The van der Waals surface area contributed by atoms with Crippen LogP contribution in [0.15, 0.2) is 29.3 Å². The van der Waals surface area contributed by atoms with E-state index in [2.05, 4.69) is 10.3 Å². The van der Waals surface area contributed by atoms with Crippen molar-refractivity contribution in [1.29, 1.82) is 0 Å². The molecule has 0 aromatic heterocycles. The van der Waals surface area contributed by atoms with Crippen molar-refractivity contribution in [2.75, 3.05) is 39.3 Å². The lowest BCUT2D eigenvalue weighted by atomic mass is 10.1. The number of alkyl carbamates (subject to hydrolysis) is 1. The molecule has 7 N–H and O–H groups in total. The summed E-state index contributed by atoms with van der Waals surface area (Å²) in [7, 11) is 0. The summed E-state index contributed by atoms with van der Waals surface area (Å²) in [4.78, 5) is 73.8. The highest BCUT2D eigenvalue weighted by atomic mass is 19.4. The first-order valence-electron chi connectivity index (χ1n) is 17.5. The van der Waals surface area contributed by atoms with Gasteiger partial charge in [-0.15, -0.1) is 0 Å². The first kappa shape index (κ1) is 46.7. The van der Waals surface area contributed by atoms with Crippen LogP contribution < -0.4 is 22.2 Å². The molecular weight excluding hydrogens is 727 g/mol. The molecule has 19 nitrogen and oxygen atoms in total. The summed E-state index contributed by atoms with van der Waals surface area (Å²) in [6, 6.07) is 5.18. The molecule has 1 fully saturated rings. The van der Waals surface area contributed by atoms with E-state index in [1.807, 2.05) is 4.90 Å². The minimum atomic E-state index is -5.08. The number of nitrogens with two attached hydrogens (primary N) is 2. The minimum absolute atomic E-state index is 0.00834. The van der Waals surface area contributed by atoms with Crippen LogP contribution in [-0.4, -0.2) is 106 Å². The number of hydrogen-bond acceptors (Lipinski definition) is 11. The van der Waals surface area contributed by atoms with Crippen molar-refractivity contribution in [2.24, 2.45) is 16.5 Å². The molecule has 22 heteroatoms. The SMILES string of the molecule is NC(=NCCC[C@H](N)C(=O)N1CCN(C(=O)CCCCCCCCCCCNC(=O)OCc2ccc([N+](=O)[O-])cc2)CC1)N[N+](=O)[O-].O=C(O)C(F)(F)F. The number of ether oxygens (including phenoxy) is 1. The van der Waals surface area contributed by atoms with E-state index < -0.39 is 34.2 Å². The number of carbonyl (C=O) groups is 4. The van der Waals surface area contributed by atoms with Crippen molar-refractivity contribution in [3.05, 3.63) is 50.1 Å². The molecule has 1 aromatic carbocycles. The third kappa shape index (κ3) is 21.3. The van der Waals surface area contributed by atoms with Crippen molar-refractivity contribution in [3.63, 3.8) is 0 Å². The number of hydrazine groups is 1. The molecule has 3 amide bonds. The van der Waals surface area contributed by atoms with Gasteiger partial charge in [0.2, 0.25) is 11.8 Å². The number of nitrogens with zero attached hydrogens (tertiary/aromatic N) is 5. The zero-order chi connectivity index (χ0) is 40.5. The summed E-state index contributed by atoms with van der Waals surface area (Å²) in [5.74, 6) is -3.11. The summed E-state index contributed by atoms with van der Waals surface area (Å²) in [5.41, 5.74) is 13.8. The first-order valence-corrected chi connectivity index (χ1v) is 17.5. The Kier molecular flexibility index (Phi) is 22.2. The second-order valence-electron chi connectivity index (χ2n) is 12.3. The van der Waals surface area contributed by atoms with E-state index in [9.17, 15) is 47.8 Å². The number of piperazine rings is 1. The van der Waals surface area contributed by atoms with Gasteiger partial charge in [-0.1, -0.05) is 50.4 Å². The number of rotatable bonds is 21. The van der Waals surface area contributed by atoms with E-state index in [1.165, 1.54) is 12.1 Å². The highest BCUT2D eigenvalue weighted by Gasteiger charge is 2.38. The highest BCUT2D eigenvalue weighted by Crippen LogP contribution is 2.15. The van der Waals surface area contributed by atoms with Gasteiger partial charge >= 0.3 is 18.2 Å². The number of aliphatic imine (C=N–C) groups is 1. The van der Waals surface area contributed by atoms with Crippen molar-refractivity contribution < 1.29 is 52.1 Å². The predicted molar refractivity (Wildman–Crippen MR) is 188 cm³/mol. The van der Waals surface area contributed by atoms with E-state index in [0.29, 0.717) is 57.5 Å². The average Bonchev–Trinajstić information content (AvgIpc) is 3.12. The van der Waals surface area contributed by atoms with Gasteiger partial charge in [-0.05, 0) is 43.4 Å². The second kappa shape index (κ2) is 25.7. The lowest BCUT2D eigenvalue weighted by molar-refractivity contribution is -0.525. The Morgan fingerprint density at radius 3 is 1.93 bits per heavy atom. The lowest BCUT2D eigenvalue weighted by Crippen LogP contribution is -2.54. The number of guanidine groups is 1. The number of amides is 3. The fourth-order valence-electron chi connectivity index (χ4n) is 5.07. The lowest BCUT2D eigenvalue weighted by Gasteiger charge is -2.36. The topological polar surface area (TPSA) is 279 Å². The second-order valence-corrected chi connectivity index (χ2v) is 12.3. The fraction of sp³-hybridized carbons (Fsp3) is 0.656. The van der Waals surface area contributed by atoms with Crippen LogP contribution in [0.2, 0.25) is 0 Å². The number of nitrogens with one attached hydrogen (secondary N) is 2. The molecule has 1 heterocycles. The molecule has 1 atom stereocenters. The molecule has 304 valence electrons. The maximum Gasteiger partial charge on any atom is 0.490 e. The molecular formula is C32H50F3N9O10. The molecule has 0 spiro atoms. The molecule has 1 saturated heterocycles. The van der Waals surface area contributed by atoms with Crippen LogP contribution in [0.1, 0.15) is 82.6 Å². The van der Waals surface area contributed by atoms with Gasteiger partial charge in [0.25, 0.3) is 11.6 Å². The first-order chi connectivity index (χ1) is 25.5. The number of nitro groups is 2. The van der Waals surface area contributed by atoms with Crippen LogP contribution in [0.4, 0.5) is 23.7 Å². The number of carbonyl (C=O) groups excluding carboxylic acids is 3. The number of nitro benzene ring substituents is 1. The quantitative estimate of drug-likeness (QED) is 0.0395. The monoisotopic (exact) mass is 777 g/mol. The number of carboxylic acid groups (broad SMARTS) is 1. The van der Waals surface area contributed by atoms with Gasteiger partial charge in [0.05, 0.1) is 11.0 Å². The summed E-state index contributed by atoms with van der Waals surface area (Å²) in [6.45, 7) is 2.68. The molecule has 0 unspecified atom stereocenters. The van der Waals surface area contributed by atoms with Crippen molar-refractivity contribution in [1.82, 2.24) is 20.5 Å². The van der Waals surface area contributed by atoms with Gasteiger partial charge in [-0.2, -0.15) is 13.2 Å². The van der Waals surface area contributed by atoms with Crippen molar-refractivity contribution >= 4 is 35.5 Å². The van der Waals surface area contributed by atoms with Crippen LogP contribution >= 0.6 is 0 Å². The van der Waals surface area contributed by atoms with Gasteiger partial charge < -0.3 is 36.4 Å². The average molecular weight is 778 g/mol. The maximum absolute atomic E-state index is 12.6. The molecule has 1 aliphatic rings. The number of halogens is 3. The number of hydrogen-bond donors (Lipinski definition) is 5. The van der Waals surface area contributed by atoms with E-state index in [0.717, 1.165) is 57.8 Å². The van der Waals surface area contributed by atoms with Gasteiger partial charge in [-0.25, -0.2) is 24.7 Å². The Hall–Kier alpha value is -5.28. The molecule has 0 aliphatic carbocycles. The highest BCUT2D eigenvalue weighted by molar-refractivity contribution is 5.82. The fourth-order valence-corrected chi connectivity index (χ4v) is 5.07. The number of carboxylic acids is 1. The van der Waals surface area contributed by atoms with Gasteiger partial charge in [0.1, 0.15) is 6.61 Å². The Bertz CT molecular complexity index is 1380. The molecule has 0 saturated carbocycles. The van der Waals surface area contributed by atoms with E-state index >= 15 is 0 Å². The summed E-state index contributed by atoms with van der Waals surface area (Å²) < 4.78 is 36.9. The summed E-state index contributed by atoms with van der Waals surface area (Å²) in [6.07, 6.45) is 5.03. The third-order valence-corrected chi connectivity index (χ3v) is 8.02. The molecule has 0 bridgehead atoms. The Morgan fingerprint density at radius 2 is 1.41 bits per heavy atom. The minimum Gasteiger partial charge on any atom is -0.475 e. The van der Waals surface area contributed by atoms with Crippen molar-refractivity contribution in [3.8, 4) is 0 Å². The van der Waals surface area contributed by atoms with Gasteiger partial charge in [0, 0.05) is 57.8 Å². The third-order valence-electron chi connectivity index (χ3n) is 8.02. The van der Waals surface area contributed by atoms with Gasteiger partial charge in [0.15, 0.2) is 5.03 Å².